The Kier molecular flexibility index (Phi) is 5.58. The van der Waals surface area contributed by atoms with E-state index in [1.807, 2.05) is 6.07 Å². The Bertz CT molecular complexity index is 1310. The third-order valence-corrected chi connectivity index (χ3v) is 4.85. The number of amides is 1. The van der Waals surface area contributed by atoms with Gasteiger partial charge >= 0.3 is 5.97 Å². The van der Waals surface area contributed by atoms with E-state index in [0.717, 1.165) is 11.3 Å². The molecule has 0 aliphatic rings. The van der Waals surface area contributed by atoms with Crippen LogP contribution in [0.2, 0.25) is 0 Å². The summed E-state index contributed by atoms with van der Waals surface area (Å²) in [6.07, 6.45) is 1.29. The Morgan fingerprint density at radius 2 is 1.90 bits per heavy atom. The Hall–Kier alpha value is -4.25. The quantitative estimate of drug-likeness (QED) is 0.276. The number of hydrogen-bond acceptors (Lipinski definition) is 9. The molecule has 1 amide bonds. The number of thiazole rings is 1. The standard InChI is InChI=1S/C20H13N5O5S/c26-18(10-30-19(27)16-9-21-14-6-1-2-7-15(14)22-16)24-20-23-17(11-31-20)12-4-3-5-13(8-12)25(28)29/h1-9,11H,10H2,(H,23,24,26). The van der Waals surface area contributed by atoms with Crippen LogP contribution in [0.25, 0.3) is 22.3 Å². The van der Waals surface area contributed by atoms with Gasteiger partial charge in [-0.05, 0) is 12.1 Å². The van der Waals surface area contributed by atoms with Crippen molar-refractivity contribution >= 4 is 45.1 Å². The fraction of sp³-hybridized carbons (Fsp3) is 0.0500. The first-order valence-corrected chi connectivity index (χ1v) is 9.77. The summed E-state index contributed by atoms with van der Waals surface area (Å²) < 4.78 is 4.99. The molecule has 0 unspecified atom stereocenters. The van der Waals surface area contributed by atoms with Crippen LogP contribution in [0.5, 0.6) is 0 Å². The highest BCUT2D eigenvalue weighted by Gasteiger charge is 2.15. The van der Waals surface area contributed by atoms with E-state index in [9.17, 15) is 19.7 Å². The molecule has 0 fully saturated rings. The van der Waals surface area contributed by atoms with Crippen LogP contribution in [-0.4, -0.2) is 38.4 Å². The first-order chi connectivity index (χ1) is 15.0. The van der Waals surface area contributed by atoms with Gasteiger partial charge in [0.15, 0.2) is 17.4 Å². The van der Waals surface area contributed by atoms with Crippen LogP contribution < -0.4 is 5.32 Å². The molecule has 0 radical (unpaired) electrons. The number of esters is 1. The number of nitrogens with zero attached hydrogens (tertiary/aromatic N) is 4. The lowest BCUT2D eigenvalue weighted by molar-refractivity contribution is -0.384. The molecule has 154 valence electrons. The number of benzene rings is 2. The second-order valence-corrected chi connectivity index (χ2v) is 7.07. The number of non-ortho nitro benzene ring substituents is 1. The Labute approximate surface area is 178 Å². The normalized spacial score (nSPS) is 10.6. The van der Waals surface area contributed by atoms with Crippen molar-refractivity contribution in [3.63, 3.8) is 0 Å². The van der Waals surface area contributed by atoms with E-state index in [1.165, 1.54) is 18.3 Å². The number of anilines is 1. The fourth-order valence-electron chi connectivity index (χ4n) is 2.66. The molecule has 4 aromatic rings. The molecular formula is C20H13N5O5S. The zero-order valence-electron chi connectivity index (χ0n) is 15.7. The second kappa shape index (κ2) is 8.63. The number of nitro groups is 1. The molecule has 0 bridgehead atoms. The van der Waals surface area contributed by atoms with Crippen LogP contribution >= 0.6 is 11.3 Å². The van der Waals surface area contributed by atoms with Crippen LogP contribution in [0, 0.1) is 10.1 Å². The number of carbonyl (C=O) groups excluding carboxylic acids is 2. The van der Waals surface area contributed by atoms with E-state index in [-0.39, 0.29) is 16.5 Å². The summed E-state index contributed by atoms with van der Waals surface area (Å²) >= 11 is 1.14. The van der Waals surface area contributed by atoms with E-state index in [1.54, 1.807) is 35.7 Å². The monoisotopic (exact) mass is 435 g/mol. The lowest BCUT2D eigenvalue weighted by Crippen LogP contribution is -2.21. The first kappa shape index (κ1) is 20.0. The molecule has 0 atom stereocenters. The number of nitro benzene ring substituents is 1. The molecule has 0 aliphatic heterocycles. The minimum atomic E-state index is -0.773. The number of ether oxygens (including phenoxy) is 1. The van der Waals surface area contributed by atoms with E-state index < -0.39 is 23.4 Å². The van der Waals surface area contributed by atoms with Crippen LogP contribution in [0.4, 0.5) is 10.8 Å². The summed E-state index contributed by atoms with van der Waals surface area (Å²) in [4.78, 5) is 47.2. The Morgan fingerprint density at radius 3 is 2.71 bits per heavy atom. The molecular weight excluding hydrogens is 422 g/mol. The largest absolute Gasteiger partial charge is 0.451 e. The van der Waals surface area contributed by atoms with E-state index in [4.69, 9.17) is 4.74 Å². The molecule has 10 nitrogen and oxygen atoms in total. The van der Waals surface area contributed by atoms with Gasteiger partial charge in [0.1, 0.15) is 0 Å². The van der Waals surface area contributed by atoms with Gasteiger partial charge in [0, 0.05) is 23.1 Å². The molecule has 11 heteroatoms. The van der Waals surface area contributed by atoms with Crippen LogP contribution in [0.1, 0.15) is 10.5 Å². The highest BCUT2D eigenvalue weighted by atomic mass is 32.1. The number of fused-ring (bicyclic) bond motifs is 1. The maximum atomic E-state index is 12.1. The zero-order chi connectivity index (χ0) is 21.8. The highest BCUT2D eigenvalue weighted by molar-refractivity contribution is 7.14. The molecule has 4 rings (SSSR count). The average Bonchev–Trinajstić information content (AvgIpc) is 3.25. The summed E-state index contributed by atoms with van der Waals surface area (Å²) in [5, 5.41) is 15.4. The average molecular weight is 435 g/mol. The van der Waals surface area contributed by atoms with Crippen molar-refractivity contribution < 1.29 is 19.2 Å². The topological polar surface area (TPSA) is 137 Å². The summed E-state index contributed by atoms with van der Waals surface area (Å²) in [5.41, 5.74) is 2.14. The number of rotatable bonds is 6. The van der Waals surface area contributed by atoms with Crippen molar-refractivity contribution in [3.8, 4) is 11.3 Å². The maximum absolute atomic E-state index is 12.1. The van der Waals surface area contributed by atoms with E-state index in [2.05, 4.69) is 20.3 Å². The SMILES string of the molecule is O=C(COC(=O)c1cnc2ccccc2n1)Nc1nc(-c2cccc([N+](=O)[O-])c2)cs1. The second-order valence-electron chi connectivity index (χ2n) is 6.21. The summed E-state index contributed by atoms with van der Waals surface area (Å²) in [6, 6.07) is 13.1. The third kappa shape index (κ3) is 4.67. The fourth-order valence-corrected chi connectivity index (χ4v) is 3.39. The summed E-state index contributed by atoms with van der Waals surface area (Å²) in [6.45, 7) is -0.529. The molecule has 0 aliphatic carbocycles. The van der Waals surface area contributed by atoms with E-state index >= 15 is 0 Å². The number of nitrogens with one attached hydrogen (secondary N) is 1. The van der Waals surface area contributed by atoms with Gasteiger partial charge < -0.3 is 4.74 Å². The van der Waals surface area contributed by atoms with Crippen LogP contribution in [0.15, 0.2) is 60.1 Å². The molecule has 0 saturated carbocycles. The van der Waals surface area contributed by atoms with Crippen molar-refractivity contribution in [1.82, 2.24) is 15.0 Å². The smallest absolute Gasteiger partial charge is 0.359 e. The first-order valence-electron chi connectivity index (χ1n) is 8.89. The van der Waals surface area contributed by atoms with Crippen molar-refractivity contribution in [1.29, 1.82) is 0 Å². The zero-order valence-corrected chi connectivity index (χ0v) is 16.5. The van der Waals surface area contributed by atoms with Gasteiger partial charge in [-0.3, -0.25) is 25.2 Å². The molecule has 2 heterocycles. The van der Waals surface area contributed by atoms with Gasteiger partial charge in [0.05, 0.1) is 27.8 Å². The van der Waals surface area contributed by atoms with Gasteiger partial charge in [0.2, 0.25) is 0 Å². The predicted molar refractivity (Wildman–Crippen MR) is 113 cm³/mol. The maximum Gasteiger partial charge on any atom is 0.359 e. The minimum absolute atomic E-state index is 0.00583. The molecule has 0 saturated heterocycles. The minimum Gasteiger partial charge on any atom is -0.451 e. The van der Waals surface area contributed by atoms with Gasteiger partial charge in [0.25, 0.3) is 11.6 Å². The Morgan fingerprint density at radius 1 is 1.10 bits per heavy atom. The summed E-state index contributed by atoms with van der Waals surface area (Å²) in [7, 11) is 0. The molecule has 0 spiro atoms. The lowest BCUT2D eigenvalue weighted by Gasteiger charge is -2.05. The van der Waals surface area contributed by atoms with Gasteiger partial charge in [-0.25, -0.2) is 14.8 Å². The Balaban J connectivity index is 1.36. The van der Waals surface area contributed by atoms with Crippen LogP contribution in [0.3, 0.4) is 0 Å². The highest BCUT2D eigenvalue weighted by Crippen LogP contribution is 2.27. The number of carbonyl (C=O) groups is 2. The van der Waals surface area contributed by atoms with Gasteiger partial charge in [-0.1, -0.05) is 24.3 Å². The van der Waals surface area contributed by atoms with E-state index in [0.29, 0.717) is 22.3 Å². The van der Waals surface area contributed by atoms with Crippen LogP contribution in [-0.2, 0) is 9.53 Å². The molecule has 2 aromatic carbocycles. The van der Waals surface area contributed by atoms with Crippen molar-refractivity contribution in [2.45, 2.75) is 0 Å². The lowest BCUT2D eigenvalue weighted by atomic mass is 10.1. The third-order valence-electron chi connectivity index (χ3n) is 4.10. The predicted octanol–water partition coefficient (Wildman–Crippen LogP) is 3.46. The van der Waals surface area contributed by atoms with Gasteiger partial charge in [-0.15, -0.1) is 11.3 Å². The number of hydrogen-bond donors (Lipinski definition) is 1. The van der Waals surface area contributed by atoms with Crippen molar-refractivity contribution in [2.75, 3.05) is 11.9 Å². The number of aromatic nitrogens is 3. The summed E-state index contributed by atoms with van der Waals surface area (Å²) in [5.74, 6) is -1.35. The van der Waals surface area contributed by atoms with Crippen molar-refractivity contribution in [3.05, 3.63) is 75.9 Å². The number of para-hydroxylation sites is 2. The van der Waals surface area contributed by atoms with Crippen molar-refractivity contribution in [2.24, 2.45) is 0 Å². The molecule has 2 aromatic heterocycles. The molecule has 31 heavy (non-hydrogen) atoms. The van der Waals surface area contributed by atoms with Gasteiger partial charge in [-0.2, -0.15) is 0 Å². The molecule has 1 N–H and O–H groups in total.